The second kappa shape index (κ2) is 5.59. The molecule has 0 aromatic heterocycles. The van der Waals surface area contributed by atoms with Gasteiger partial charge in [0.25, 0.3) is 0 Å². The molecule has 0 saturated heterocycles. The number of hydrogen-bond acceptors (Lipinski definition) is 2. The molecule has 1 atom stereocenters. The Labute approximate surface area is 144 Å². The maximum atomic E-state index is 12.1. The van der Waals surface area contributed by atoms with Crippen molar-refractivity contribution in [3.8, 4) is 0 Å². The van der Waals surface area contributed by atoms with Crippen LogP contribution in [0.1, 0.15) is 25.8 Å². The number of halogens is 4. The van der Waals surface area contributed by atoms with Gasteiger partial charge in [-0.15, -0.1) is 0 Å². The van der Waals surface area contributed by atoms with Crippen molar-refractivity contribution in [2.45, 2.75) is 23.5 Å². The second-order valence-corrected chi connectivity index (χ2v) is 9.57. The van der Waals surface area contributed by atoms with E-state index in [1.54, 1.807) is 25.1 Å². The molecule has 1 N–H and O–H groups in total. The lowest BCUT2D eigenvalue weighted by atomic mass is 10.1. The van der Waals surface area contributed by atoms with E-state index in [9.17, 15) is 4.79 Å². The normalized spacial score (nSPS) is 24.4. The summed E-state index contributed by atoms with van der Waals surface area (Å²) in [6.07, 6.45) is 0.715. The number of amides is 1. The molecule has 3 nitrogen and oxygen atoms in total. The zero-order valence-electron chi connectivity index (χ0n) is 10.8. The fourth-order valence-corrected chi connectivity index (χ4v) is 3.47. The molecule has 0 radical (unpaired) electrons. The van der Waals surface area contributed by atoms with Gasteiger partial charge < -0.3 is 0 Å². The summed E-state index contributed by atoms with van der Waals surface area (Å²) in [5.74, 6) is -0.134. The standard InChI is InChI=1S/C13H12Br2Cl2N2O/c1-7(8-3-4-9(16)10(17)5-8)18-19-11(20)12(2)6-13(12,14)15/h3-5H,6H2,1-2H3,(H,19,20)/b18-7-/t12-/m1/s1. The van der Waals surface area contributed by atoms with Crippen molar-refractivity contribution in [2.75, 3.05) is 0 Å². The number of carbonyl (C=O) groups is 1. The van der Waals surface area contributed by atoms with Crippen LogP contribution in [-0.4, -0.2) is 14.9 Å². The Balaban J connectivity index is 2.08. The van der Waals surface area contributed by atoms with Crippen molar-refractivity contribution in [1.29, 1.82) is 0 Å². The van der Waals surface area contributed by atoms with Gasteiger partial charge in [-0.1, -0.05) is 61.1 Å². The highest BCUT2D eigenvalue weighted by molar-refractivity contribution is 9.25. The number of hydrogen-bond donors (Lipinski definition) is 1. The van der Waals surface area contributed by atoms with Crippen LogP contribution < -0.4 is 5.43 Å². The van der Waals surface area contributed by atoms with Crippen LogP contribution in [0.5, 0.6) is 0 Å². The zero-order valence-corrected chi connectivity index (χ0v) is 15.5. The number of nitrogens with zero attached hydrogens (tertiary/aromatic N) is 1. The maximum absolute atomic E-state index is 12.1. The highest BCUT2D eigenvalue weighted by Gasteiger charge is 2.66. The Kier molecular flexibility index (Phi) is 4.55. The minimum atomic E-state index is -0.492. The zero-order chi connectivity index (χ0) is 15.1. The van der Waals surface area contributed by atoms with E-state index in [-0.39, 0.29) is 9.14 Å². The first-order valence-corrected chi connectivity index (χ1v) is 8.19. The molecule has 1 fully saturated rings. The van der Waals surface area contributed by atoms with Crippen molar-refractivity contribution >= 4 is 66.7 Å². The minimum Gasteiger partial charge on any atom is -0.272 e. The molecular formula is C13H12Br2Cl2N2O. The van der Waals surface area contributed by atoms with Crippen LogP contribution in [0.3, 0.4) is 0 Å². The average Bonchev–Trinajstić information content (AvgIpc) is 2.90. The molecule has 1 aromatic rings. The van der Waals surface area contributed by atoms with Crippen LogP contribution in [0.15, 0.2) is 23.3 Å². The lowest BCUT2D eigenvalue weighted by molar-refractivity contribution is -0.125. The van der Waals surface area contributed by atoms with Crippen molar-refractivity contribution in [2.24, 2.45) is 10.5 Å². The fraction of sp³-hybridized carbons (Fsp3) is 0.385. The largest absolute Gasteiger partial charge is 0.272 e. The highest BCUT2D eigenvalue weighted by Crippen LogP contribution is 2.66. The van der Waals surface area contributed by atoms with Gasteiger partial charge in [-0.3, -0.25) is 4.79 Å². The van der Waals surface area contributed by atoms with Crippen molar-refractivity contribution in [3.05, 3.63) is 33.8 Å². The molecule has 20 heavy (non-hydrogen) atoms. The Morgan fingerprint density at radius 3 is 2.45 bits per heavy atom. The van der Waals surface area contributed by atoms with Gasteiger partial charge in [-0.05, 0) is 38.0 Å². The molecular weight excluding hydrogens is 431 g/mol. The summed E-state index contributed by atoms with van der Waals surface area (Å²) in [5, 5.41) is 5.06. The van der Waals surface area contributed by atoms with Gasteiger partial charge in [0.1, 0.15) is 0 Å². The summed E-state index contributed by atoms with van der Waals surface area (Å²) >= 11 is 18.7. The molecule has 1 aliphatic rings. The molecule has 1 saturated carbocycles. The molecule has 0 unspecified atom stereocenters. The molecule has 7 heteroatoms. The van der Waals surface area contributed by atoms with E-state index in [0.717, 1.165) is 5.56 Å². The molecule has 1 aliphatic carbocycles. The molecule has 1 aromatic carbocycles. The smallest absolute Gasteiger partial charge is 0.248 e. The molecule has 1 amide bonds. The lowest BCUT2D eigenvalue weighted by Gasteiger charge is -2.10. The summed E-state index contributed by atoms with van der Waals surface area (Å²) in [6, 6.07) is 5.22. The number of alkyl halides is 2. The van der Waals surface area contributed by atoms with E-state index in [4.69, 9.17) is 23.2 Å². The van der Waals surface area contributed by atoms with Gasteiger partial charge >= 0.3 is 0 Å². The third-order valence-corrected chi connectivity index (χ3v) is 6.47. The summed E-state index contributed by atoms with van der Waals surface area (Å²) in [4.78, 5) is 12.1. The molecule has 108 valence electrons. The topological polar surface area (TPSA) is 41.5 Å². The summed E-state index contributed by atoms with van der Waals surface area (Å²) < 4.78 is -0.329. The van der Waals surface area contributed by atoms with Crippen LogP contribution in [0.25, 0.3) is 0 Å². The third-order valence-electron chi connectivity index (χ3n) is 3.42. The number of hydrazone groups is 1. The predicted molar refractivity (Wildman–Crippen MR) is 90.1 cm³/mol. The molecule has 2 rings (SSSR count). The van der Waals surface area contributed by atoms with E-state index in [1.807, 2.05) is 6.92 Å². The van der Waals surface area contributed by atoms with Crippen LogP contribution in [0.2, 0.25) is 10.0 Å². The Bertz CT molecular complexity index is 604. The fourth-order valence-electron chi connectivity index (χ4n) is 1.69. The van der Waals surface area contributed by atoms with E-state index in [0.29, 0.717) is 22.2 Å². The van der Waals surface area contributed by atoms with Gasteiger partial charge in [0.15, 0.2) is 0 Å². The lowest BCUT2D eigenvalue weighted by Crippen LogP contribution is -2.30. The maximum Gasteiger partial charge on any atom is 0.248 e. The monoisotopic (exact) mass is 440 g/mol. The predicted octanol–water partition coefficient (Wildman–Crippen LogP) is 4.73. The van der Waals surface area contributed by atoms with Crippen LogP contribution in [-0.2, 0) is 4.79 Å². The van der Waals surface area contributed by atoms with Gasteiger partial charge in [-0.2, -0.15) is 5.10 Å². The minimum absolute atomic E-state index is 0.134. The summed E-state index contributed by atoms with van der Waals surface area (Å²) in [6.45, 7) is 3.67. The molecule has 0 heterocycles. The third kappa shape index (κ3) is 3.06. The Morgan fingerprint density at radius 1 is 1.35 bits per heavy atom. The van der Waals surface area contributed by atoms with Gasteiger partial charge in [0.2, 0.25) is 5.91 Å². The first-order chi connectivity index (χ1) is 9.17. The first-order valence-electron chi connectivity index (χ1n) is 5.85. The number of benzene rings is 1. The molecule has 0 aliphatic heterocycles. The van der Waals surface area contributed by atoms with Crippen molar-refractivity contribution in [1.82, 2.24) is 5.43 Å². The van der Waals surface area contributed by atoms with Crippen molar-refractivity contribution in [3.63, 3.8) is 0 Å². The Morgan fingerprint density at radius 2 is 1.95 bits per heavy atom. The van der Waals surface area contributed by atoms with E-state index in [2.05, 4.69) is 42.4 Å². The molecule has 0 bridgehead atoms. The molecule has 0 spiro atoms. The second-order valence-electron chi connectivity index (χ2n) is 4.98. The van der Waals surface area contributed by atoms with E-state index >= 15 is 0 Å². The van der Waals surface area contributed by atoms with E-state index < -0.39 is 5.41 Å². The van der Waals surface area contributed by atoms with Crippen LogP contribution in [0, 0.1) is 5.41 Å². The van der Waals surface area contributed by atoms with E-state index in [1.165, 1.54) is 0 Å². The number of carbonyl (C=O) groups excluding carboxylic acids is 1. The average molecular weight is 443 g/mol. The van der Waals surface area contributed by atoms with Crippen LogP contribution in [0.4, 0.5) is 0 Å². The highest BCUT2D eigenvalue weighted by atomic mass is 79.9. The first kappa shape index (κ1) is 16.3. The van der Waals surface area contributed by atoms with Crippen LogP contribution >= 0.6 is 55.1 Å². The number of rotatable bonds is 3. The number of nitrogens with one attached hydrogen (secondary N) is 1. The van der Waals surface area contributed by atoms with Gasteiger partial charge in [-0.25, -0.2) is 5.43 Å². The summed E-state index contributed by atoms with van der Waals surface area (Å²) in [7, 11) is 0. The Hall–Kier alpha value is -0.100. The van der Waals surface area contributed by atoms with Gasteiger partial charge in [0, 0.05) is 0 Å². The van der Waals surface area contributed by atoms with Gasteiger partial charge in [0.05, 0.1) is 24.4 Å². The quantitative estimate of drug-likeness (QED) is 0.410. The SMILES string of the molecule is C/C(=N/NC(=O)[C@@]1(C)CC1(Br)Br)c1ccc(Cl)c(Cl)c1. The van der Waals surface area contributed by atoms with Crippen molar-refractivity contribution < 1.29 is 4.79 Å². The summed E-state index contributed by atoms with van der Waals surface area (Å²) in [5.41, 5.74) is 3.57.